The van der Waals surface area contributed by atoms with Gasteiger partial charge >= 0.3 is 249 Å². The van der Waals surface area contributed by atoms with Crippen LogP contribution >= 0.6 is 67.0 Å². The zero-order valence-corrected chi connectivity index (χ0v) is 39.7. The third-order valence-electron chi connectivity index (χ3n) is 8.11. The number of anilines is 1. The van der Waals surface area contributed by atoms with Crippen LogP contribution in [0.3, 0.4) is 0 Å². The van der Waals surface area contributed by atoms with Crippen LogP contribution in [0.5, 0.6) is 0 Å². The van der Waals surface area contributed by atoms with Crippen molar-refractivity contribution in [2.45, 2.75) is 107 Å². The van der Waals surface area contributed by atoms with Crippen LogP contribution in [0.15, 0.2) is 24.7 Å². The summed E-state index contributed by atoms with van der Waals surface area (Å²) in [6, 6.07) is 0. The van der Waals surface area contributed by atoms with E-state index in [1.54, 1.807) is 32.4 Å². The first-order chi connectivity index (χ1) is 28.0. The van der Waals surface area contributed by atoms with Crippen molar-refractivity contribution in [2.24, 2.45) is 0 Å². The third kappa shape index (κ3) is 18.5. The van der Waals surface area contributed by atoms with Crippen molar-refractivity contribution in [2.75, 3.05) is 37.4 Å². The van der Waals surface area contributed by atoms with Crippen molar-refractivity contribution in [3.05, 3.63) is 30.2 Å². The van der Waals surface area contributed by atoms with E-state index in [4.69, 9.17) is 39.0 Å². The number of nitrogens with two attached hydrogens (primary N) is 1. The average Bonchev–Trinajstić information content (AvgIpc) is 3.69. The Morgan fingerprint density at radius 1 is 1.08 bits per heavy atom. The SMILES string of the molecule is CC(C)(C)SSCOC1C[C@H](n2cc(C#CCOCSSC(C)(C)CNC(=O)OC3CC/C=C/CCC3)c3c(N)ncnc32)O[C@@H]1CO[PH](O)(O)OP(=O)(O)OP(=O)(O)O. The summed E-state index contributed by atoms with van der Waals surface area (Å²) in [7, 11) is -10.6. The number of alkyl carbamates (subject to hydrolysis) is 1. The molecule has 0 spiro atoms. The van der Waals surface area contributed by atoms with Gasteiger partial charge in [-0.05, 0) is 46.0 Å². The van der Waals surface area contributed by atoms with Gasteiger partial charge in [0.05, 0.1) is 0 Å². The van der Waals surface area contributed by atoms with Gasteiger partial charge < -0.3 is 10.1 Å². The number of aromatic nitrogens is 3. The van der Waals surface area contributed by atoms with Crippen molar-refractivity contribution in [3.8, 4) is 11.8 Å². The van der Waals surface area contributed by atoms with E-state index >= 15 is 0 Å². The molecule has 2 aromatic rings. The summed E-state index contributed by atoms with van der Waals surface area (Å²) in [6.07, 6.45) is 9.05. The third-order valence-corrected chi connectivity index (χ3v) is 18.2. The summed E-state index contributed by atoms with van der Waals surface area (Å²) in [4.78, 5) is 68.8. The molecule has 0 radical (unpaired) electrons. The molecule has 0 bridgehead atoms. The van der Waals surface area contributed by atoms with Gasteiger partial charge in [-0.3, -0.25) is 0 Å². The predicted octanol–water partition coefficient (Wildman–Crippen LogP) is 6.56. The van der Waals surface area contributed by atoms with Crippen LogP contribution in [0.4, 0.5) is 10.6 Å². The molecule has 0 aromatic carbocycles. The minimum atomic E-state index is -5.65. The molecule has 1 aliphatic heterocycles. The van der Waals surface area contributed by atoms with Crippen LogP contribution in [0.1, 0.15) is 84.9 Å². The number of rotatable bonds is 20. The zero-order chi connectivity index (χ0) is 44.2. The second-order valence-corrected chi connectivity index (χ2v) is 25.7. The molecule has 1 aliphatic carbocycles. The van der Waals surface area contributed by atoms with Crippen LogP contribution in [-0.2, 0) is 41.2 Å². The number of amides is 1. The molecule has 1 fully saturated rings. The first-order valence-electron chi connectivity index (χ1n) is 18.6. The van der Waals surface area contributed by atoms with Gasteiger partial charge in [0.1, 0.15) is 12.0 Å². The normalized spacial score (nSPS) is 22.3. The Hall–Kier alpha value is -1.16. The first kappa shape index (κ1) is 51.5. The number of nitrogens with zero attached hydrogens (tertiary/aromatic N) is 3. The Morgan fingerprint density at radius 2 is 1.82 bits per heavy atom. The fraction of sp³-hybridized carbons (Fsp3) is 0.667. The molecule has 8 N–H and O–H groups in total. The van der Waals surface area contributed by atoms with E-state index in [0.717, 1.165) is 32.1 Å². The maximum atomic E-state index is 12.4. The van der Waals surface area contributed by atoms with Crippen molar-refractivity contribution in [1.29, 1.82) is 0 Å². The van der Waals surface area contributed by atoms with Crippen LogP contribution in [0, 0.1) is 11.8 Å². The summed E-state index contributed by atoms with van der Waals surface area (Å²) in [6.45, 7) is 10.0. The monoisotopic (exact) mass is 981 g/mol. The summed E-state index contributed by atoms with van der Waals surface area (Å²) in [5, 5.41) is 3.34. The van der Waals surface area contributed by atoms with E-state index in [1.807, 2.05) is 34.6 Å². The van der Waals surface area contributed by atoms with Crippen molar-refractivity contribution in [1.82, 2.24) is 19.9 Å². The number of hydrogen-bond acceptors (Lipinski definition) is 19. The van der Waals surface area contributed by atoms with Crippen LogP contribution < -0.4 is 11.1 Å². The molecule has 4 rings (SSSR count). The summed E-state index contributed by atoms with van der Waals surface area (Å²) < 4.78 is 60.9. The Morgan fingerprint density at radius 3 is 2.55 bits per heavy atom. The quantitative estimate of drug-likeness (QED) is 0.0185. The molecule has 60 heavy (non-hydrogen) atoms. The number of allylic oxidation sites excluding steroid dienone is 2. The van der Waals surface area contributed by atoms with Crippen molar-refractivity contribution >= 4 is 89.9 Å². The molecule has 5 atom stereocenters. The Kier molecular flexibility index (Phi) is 19.9. The molecule has 340 valence electrons. The first-order valence-corrected chi connectivity index (χ1v) is 27.9. The standard InChI is InChI=1S/C33H54N5O15P3S4/c1-32(2,3)59-58-22-48-25-16-27(51-26(25)18-49-55(43,44)53-56(45,46)52-54(40,41)42)38-17-23(28-29(34)36-20-37-30(28)38)12-11-15-47-21-57-60-33(4,5)19-35-31(39)50-24-13-9-7-6-8-10-14-24/h6-7,17,20,24-27,43-44,55H,8-10,13-16,18-19,21-22H2,1-5H3,(H,35,39)(H,45,46)(H2,34,36,37)(H2,40,41,42)/b7-6+/t24?,25?,26-,27-/m1/s1. The van der Waals surface area contributed by atoms with E-state index in [-0.39, 0.29) is 40.4 Å². The van der Waals surface area contributed by atoms with Gasteiger partial charge in [0.15, 0.2) is 0 Å². The molecule has 27 heteroatoms. The second kappa shape index (κ2) is 23.2. The van der Waals surface area contributed by atoms with Gasteiger partial charge in [-0.15, -0.1) is 0 Å². The fourth-order valence-corrected chi connectivity index (χ4v) is 13.1. The number of phosphoric acid groups is 2. The zero-order valence-electron chi connectivity index (χ0n) is 33.7. The number of nitrogens with one attached hydrogen (secondary N) is 1. The molecule has 1 saturated heterocycles. The van der Waals surface area contributed by atoms with Crippen LogP contribution in [0.2, 0.25) is 0 Å². The average molecular weight is 982 g/mol. The van der Waals surface area contributed by atoms with Crippen molar-refractivity contribution in [3.63, 3.8) is 0 Å². The van der Waals surface area contributed by atoms with Crippen LogP contribution in [0.25, 0.3) is 11.0 Å². The number of hydrogen-bond donors (Lipinski definition) is 7. The molecule has 0 saturated carbocycles. The van der Waals surface area contributed by atoms with Crippen LogP contribution in [-0.4, -0.2) is 105 Å². The summed E-state index contributed by atoms with van der Waals surface area (Å²) in [5.41, 5.74) is 7.14. The Bertz CT molecular complexity index is 1920. The van der Waals surface area contributed by atoms with E-state index in [1.165, 1.54) is 27.9 Å². The minimum absolute atomic E-state index is 0.0718. The Balaban J connectivity index is 1.35. The number of fused-ring (bicyclic) bond motifs is 1. The maximum absolute atomic E-state index is 12.4. The number of nitrogen functional groups attached to an aromatic ring is 1. The molecule has 20 nitrogen and oxygen atoms in total. The van der Waals surface area contributed by atoms with Gasteiger partial charge in [-0.1, -0.05) is 33.7 Å². The molecular formula is C33H54N5O15P3S4. The summed E-state index contributed by atoms with van der Waals surface area (Å²) >= 11 is 0. The molecular weight excluding hydrogens is 928 g/mol. The van der Waals surface area contributed by atoms with Gasteiger partial charge in [0.2, 0.25) is 0 Å². The molecule has 3 heterocycles. The molecule has 3 unspecified atom stereocenters. The topological polar surface area (TPSA) is 286 Å². The van der Waals surface area contributed by atoms with Gasteiger partial charge in [0, 0.05) is 11.3 Å². The number of ether oxygens (including phenoxy) is 4. The second-order valence-electron chi connectivity index (χ2n) is 15.0. The fourth-order valence-electron chi connectivity index (χ4n) is 5.65. The predicted molar refractivity (Wildman–Crippen MR) is 235 cm³/mol. The molecule has 1 amide bonds. The molecule has 2 aliphatic rings. The van der Waals surface area contributed by atoms with E-state index in [2.05, 4.69) is 47.9 Å². The Labute approximate surface area is 365 Å². The van der Waals surface area contributed by atoms with Crippen molar-refractivity contribution < 1.29 is 70.5 Å². The number of carbonyl (C=O) groups is 1. The van der Waals surface area contributed by atoms with E-state index in [0.29, 0.717) is 29.1 Å². The number of carbonyl (C=O) groups excluding carboxylic acids is 1. The molecule has 2 aromatic heterocycles. The van der Waals surface area contributed by atoms with Gasteiger partial charge in [-0.25, -0.2) is 4.79 Å². The van der Waals surface area contributed by atoms with E-state index in [9.17, 15) is 28.6 Å². The summed E-state index contributed by atoms with van der Waals surface area (Å²) in [5.74, 6) is 6.75. The van der Waals surface area contributed by atoms with Gasteiger partial charge in [-0.2, -0.15) is 0 Å². The van der Waals surface area contributed by atoms with E-state index < -0.39 is 55.0 Å². The van der Waals surface area contributed by atoms with Gasteiger partial charge in [0.25, 0.3) is 0 Å².